The van der Waals surface area contributed by atoms with Gasteiger partial charge in [0.25, 0.3) is 0 Å². The van der Waals surface area contributed by atoms with Gasteiger partial charge in [0.1, 0.15) is 12.7 Å². The minimum absolute atomic E-state index is 0.0497. The molecular formula is C15H20N2O3. The van der Waals surface area contributed by atoms with Crippen LogP contribution in [0.5, 0.6) is 11.5 Å². The second-order valence-corrected chi connectivity index (χ2v) is 5.55. The summed E-state index contributed by atoms with van der Waals surface area (Å²) >= 11 is 0. The lowest BCUT2D eigenvalue weighted by Gasteiger charge is -2.39. The maximum atomic E-state index is 12.2. The molecule has 0 spiro atoms. The summed E-state index contributed by atoms with van der Waals surface area (Å²) < 4.78 is 11.4. The molecule has 0 bridgehead atoms. The number of nitrogens with two attached hydrogens (primary N) is 1. The lowest BCUT2D eigenvalue weighted by Crippen LogP contribution is -2.52. The Morgan fingerprint density at radius 3 is 2.75 bits per heavy atom. The first-order valence-corrected chi connectivity index (χ1v) is 7.10. The number of hydrogen-bond donors (Lipinski definition) is 2. The van der Waals surface area contributed by atoms with Crippen molar-refractivity contribution in [3.63, 3.8) is 0 Å². The topological polar surface area (TPSA) is 73.6 Å². The first-order valence-electron chi connectivity index (χ1n) is 7.10. The van der Waals surface area contributed by atoms with E-state index in [0.717, 1.165) is 30.8 Å². The van der Waals surface area contributed by atoms with Gasteiger partial charge in [-0.25, -0.2) is 0 Å². The van der Waals surface area contributed by atoms with Gasteiger partial charge in [-0.05, 0) is 25.0 Å². The molecule has 1 aromatic rings. The summed E-state index contributed by atoms with van der Waals surface area (Å²) in [6.45, 7) is 1.32. The van der Waals surface area contributed by atoms with Crippen molar-refractivity contribution in [2.75, 3.05) is 19.7 Å². The van der Waals surface area contributed by atoms with Crippen LogP contribution in [0.15, 0.2) is 24.3 Å². The standard InChI is InChI=1S/C15H20N2O3/c16-10-15(6-3-7-15)14(18)17-8-11-9-19-12-4-1-2-5-13(12)20-11/h1-2,4-5,11H,3,6-10,16H2,(H,17,18). The van der Waals surface area contributed by atoms with Crippen LogP contribution in [0.3, 0.4) is 0 Å². The van der Waals surface area contributed by atoms with Gasteiger partial charge in [-0.1, -0.05) is 18.6 Å². The highest BCUT2D eigenvalue weighted by molar-refractivity contribution is 5.83. The zero-order valence-corrected chi connectivity index (χ0v) is 11.4. The average Bonchev–Trinajstić information content (AvgIpc) is 2.44. The lowest BCUT2D eigenvalue weighted by atomic mass is 9.68. The highest BCUT2D eigenvalue weighted by atomic mass is 16.6. The summed E-state index contributed by atoms with van der Waals surface area (Å²) in [6.07, 6.45) is 2.71. The van der Waals surface area contributed by atoms with Crippen molar-refractivity contribution in [1.29, 1.82) is 0 Å². The third-order valence-electron chi connectivity index (χ3n) is 4.24. The van der Waals surface area contributed by atoms with Crippen LogP contribution >= 0.6 is 0 Å². The van der Waals surface area contributed by atoms with Gasteiger partial charge in [-0.3, -0.25) is 4.79 Å². The van der Waals surface area contributed by atoms with Crippen molar-refractivity contribution in [2.24, 2.45) is 11.1 Å². The number of nitrogens with one attached hydrogen (secondary N) is 1. The highest BCUT2D eigenvalue weighted by Crippen LogP contribution is 2.40. The number of para-hydroxylation sites is 2. The molecule has 5 heteroatoms. The number of carbonyl (C=O) groups excluding carboxylic acids is 1. The summed E-state index contributed by atoms with van der Waals surface area (Å²) in [4.78, 5) is 12.2. The predicted octanol–water partition coefficient (Wildman–Crippen LogP) is 1.07. The van der Waals surface area contributed by atoms with E-state index in [1.165, 1.54) is 0 Å². The van der Waals surface area contributed by atoms with E-state index in [2.05, 4.69) is 5.32 Å². The van der Waals surface area contributed by atoms with E-state index in [1.807, 2.05) is 24.3 Å². The van der Waals surface area contributed by atoms with Crippen molar-refractivity contribution in [2.45, 2.75) is 25.4 Å². The average molecular weight is 276 g/mol. The lowest BCUT2D eigenvalue weighted by molar-refractivity contribution is -0.135. The summed E-state index contributed by atoms with van der Waals surface area (Å²) in [6, 6.07) is 7.56. The minimum atomic E-state index is -0.340. The normalized spacial score (nSPS) is 22.8. The second kappa shape index (κ2) is 5.32. The molecule has 1 aromatic carbocycles. The summed E-state index contributed by atoms with van der Waals surface area (Å²) in [7, 11) is 0. The number of fused-ring (bicyclic) bond motifs is 1. The van der Waals surface area contributed by atoms with E-state index < -0.39 is 0 Å². The Morgan fingerprint density at radius 2 is 2.10 bits per heavy atom. The smallest absolute Gasteiger partial charge is 0.227 e. The van der Waals surface area contributed by atoms with Crippen LogP contribution in [-0.4, -0.2) is 31.7 Å². The number of benzene rings is 1. The molecule has 1 aliphatic carbocycles. The Hall–Kier alpha value is -1.75. The fraction of sp³-hybridized carbons (Fsp3) is 0.533. The Balaban J connectivity index is 1.54. The van der Waals surface area contributed by atoms with Gasteiger partial charge >= 0.3 is 0 Å². The maximum Gasteiger partial charge on any atom is 0.227 e. The van der Waals surface area contributed by atoms with E-state index in [4.69, 9.17) is 15.2 Å². The molecule has 1 atom stereocenters. The number of ether oxygens (including phenoxy) is 2. The van der Waals surface area contributed by atoms with E-state index in [0.29, 0.717) is 19.7 Å². The quantitative estimate of drug-likeness (QED) is 0.863. The van der Waals surface area contributed by atoms with Crippen LogP contribution in [0, 0.1) is 5.41 Å². The van der Waals surface area contributed by atoms with Crippen LogP contribution in [0.4, 0.5) is 0 Å². The maximum absolute atomic E-state index is 12.2. The van der Waals surface area contributed by atoms with Crippen molar-refractivity contribution < 1.29 is 14.3 Å². The van der Waals surface area contributed by atoms with Gasteiger partial charge < -0.3 is 20.5 Å². The number of hydrogen-bond acceptors (Lipinski definition) is 4. The molecule has 0 saturated heterocycles. The van der Waals surface area contributed by atoms with Gasteiger partial charge in [-0.15, -0.1) is 0 Å². The summed E-state index contributed by atoms with van der Waals surface area (Å²) in [5, 5.41) is 2.95. The van der Waals surface area contributed by atoms with Crippen LogP contribution in [0.2, 0.25) is 0 Å². The van der Waals surface area contributed by atoms with Crippen LogP contribution in [0.25, 0.3) is 0 Å². The minimum Gasteiger partial charge on any atom is -0.486 e. The van der Waals surface area contributed by atoms with Gasteiger partial charge in [0.15, 0.2) is 11.5 Å². The third-order valence-corrected chi connectivity index (χ3v) is 4.24. The fourth-order valence-corrected chi connectivity index (χ4v) is 2.69. The Bertz CT molecular complexity index is 494. The largest absolute Gasteiger partial charge is 0.486 e. The first kappa shape index (κ1) is 13.2. The third kappa shape index (κ3) is 2.33. The first-order chi connectivity index (χ1) is 9.73. The highest BCUT2D eigenvalue weighted by Gasteiger charge is 2.42. The van der Waals surface area contributed by atoms with E-state index in [1.54, 1.807) is 0 Å². The molecule has 0 radical (unpaired) electrons. The van der Waals surface area contributed by atoms with Crippen molar-refractivity contribution in [3.8, 4) is 11.5 Å². The molecule has 3 rings (SSSR count). The molecule has 1 amide bonds. The molecule has 2 aliphatic rings. The van der Waals surface area contributed by atoms with E-state index >= 15 is 0 Å². The molecule has 0 aromatic heterocycles. The summed E-state index contributed by atoms with van der Waals surface area (Å²) in [5.74, 6) is 1.54. The molecule has 3 N–H and O–H groups in total. The Kier molecular flexibility index (Phi) is 3.53. The van der Waals surface area contributed by atoms with Gasteiger partial charge in [0.05, 0.1) is 12.0 Å². The monoisotopic (exact) mass is 276 g/mol. The number of amides is 1. The molecule has 1 unspecified atom stereocenters. The van der Waals surface area contributed by atoms with E-state index in [9.17, 15) is 4.79 Å². The second-order valence-electron chi connectivity index (χ2n) is 5.55. The molecule has 108 valence electrons. The molecule has 1 heterocycles. The molecule has 20 heavy (non-hydrogen) atoms. The van der Waals surface area contributed by atoms with Crippen molar-refractivity contribution in [3.05, 3.63) is 24.3 Å². The molecule has 1 saturated carbocycles. The Morgan fingerprint density at radius 1 is 1.35 bits per heavy atom. The van der Waals surface area contributed by atoms with Gasteiger partial charge in [0, 0.05) is 6.54 Å². The predicted molar refractivity (Wildman–Crippen MR) is 74.7 cm³/mol. The van der Waals surface area contributed by atoms with Crippen molar-refractivity contribution >= 4 is 5.91 Å². The van der Waals surface area contributed by atoms with Crippen molar-refractivity contribution in [1.82, 2.24) is 5.32 Å². The zero-order chi connectivity index (χ0) is 14.0. The molecule has 1 fully saturated rings. The van der Waals surface area contributed by atoms with Crippen LogP contribution in [-0.2, 0) is 4.79 Å². The van der Waals surface area contributed by atoms with Crippen LogP contribution in [0.1, 0.15) is 19.3 Å². The molecular weight excluding hydrogens is 256 g/mol. The number of carbonyl (C=O) groups is 1. The summed E-state index contributed by atoms with van der Waals surface area (Å²) in [5.41, 5.74) is 5.39. The molecule has 1 aliphatic heterocycles. The Labute approximate surface area is 118 Å². The fourth-order valence-electron chi connectivity index (χ4n) is 2.69. The number of rotatable bonds is 4. The van der Waals surface area contributed by atoms with E-state index in [-0.39, 0.29) is 17.4 Å². The molecule has 5 nitrogen and oxygen atoms in total. The van der Waals surface area contributed by atoms with Gasteiger partial charge in [0.2, 0.25) is 5.91 Å². The van der Waals surface area contributed by atoms with Crippen LogP contribution < -0.4 is 20.5 Å². The SMILES string of the molecule is NCC1(C(=O)NCC2COc3ccccc3O2)CCC1. The zero-order valence-electron chi connectivity index (χ0n) is 11.4. The van der Waals surface area contributed by atoms with Gasteiger partial charge in [-0.2, -0.15) is 0 Å².